The first-order valence-corrected chi connectivity index (χ1v) is 14.2. The van der Waals surface area contributed by atoms with E-state index in [2.05, 4.69) is 51.3 Å². The Hall–Kier alpha value is -3.12. The minimum atomic E-state index is -0.176. The lowest BCUT2D eigenvalue weighted by molar-refractivity contribution is -0.135. The molecule has 2 atom stereocenters. The van der Waals surface area contributed by atoms with E-state index in [0.717, 1.165) is 24.2 Å². The van der Waals surface area contributed by atoms with Gasteiger partial charge in [-0.2, -0.15) is 0 Å². The van der Waals surface area contributed by atoms with Crippen molar-refractivity contribution in [2.24, 2.45) is 5.92 Å². The van der Waals surface area contributed by atoms with Crippen molar-refractivity contribution in [1.29, 1.82) is 0 Å². The quantitative estimate of drug-likeness (QED) is 0.305. The molecule has 2 heterocycles. The van der Waals surface area contributed by atoms with E-state index in [1.54, 1.807) is 16.2 Å². The standard InChI is InChI=1S/C31H38N2O3S/c1-5-23(4)19-32(31(35)25-9-7-6-8-10-25)20-30(34)33-17-15-29-27(16-18-37-29)28(33)21-36-26-13-11-24(12-14-26)22(2)3/h6-14,16,18,22-23,28H,5,15,17,19-21H2,1-4H3/t23-,28-/m0/s1. The molecule has 37 heavy (non-hydrogen) atoms. The van der Waals surface area contributed by atoms with Crippen LogP contribution in [0, 0.1) is 5.92 Å². The van der Waals surface area contributed by atoms with Crippen molar-refractivity contribution >= 4 is 23.2 Å². The van der Waals surface area contributed by atoms with Gasteiger partial charge in [-0.15, -0.1) is 11.3 Å². The molecule has 6 heteroatoms. The van der Waals surface area contributed by atoms with Crippen LogP contribution in [0.25, 0.3) is 0 Å². The molecule has 0 spiro atoms. The van der Waals surface area contributed by atoms with E-state index in [1.165, 1.54) is 10.4 Å². The summed E-state index contributed by atoms with van der Waals surface area (Å²) in [6.07, 6.45) is 1.77. The predicted molar refractivity (Wildman–Crippen MR) is 150 cm³/mol. The van der Waals surface area contributed by atoms with E-state index in [1.807, 2.05) is 47.4 Å². The molecule has 0 radical (unpaired) electrons. The van der Waals surface area contributed by atoms with Crippen LogP contribution >= 0.6 is 11.3 Å². The van der Waals surface area contributed by atoms with E-state index < -0.39 is 0 Å². The fourth-order valence-electron chi connectivity index (χ4n) is 4.74. The first-order valence-electron chi connectivity index (χ1n) is 13.3. The fraction of sp³-hybridized carbons (Fsp3) is 0.419. The number of nitrogens with zero attached hydrogens (tertiary/aromatic N) is 2. The van der Waals surface area contributed by atoms with Gasteiger partial charge in [0, 0.05) is 23.5 Å². The summed E-state index contributed by atoms with van der Waals surface area (Å²) in [5.74, 6) is 1.44. The molecule has 2 aromatic carbocycles. The van der Waals surface area contributed by atoms with Gasteiger partial charge in [0.2, 0.25) is 5.91 Å². The van der Waals surface area contributed by atoms with Crippen molar-refractivity contribution in [3.05, 3.63) is 87.6 Å². The average molecular weight is 519 g/mol. The van der Waals surface area contributed by atoms with Crippen LogP contribution in [0.3, 0.4) is 0 Å². The SMILES string of the molecule is CC[C@H](C)CN(CC(=O)N1CCc2sccc2[C@@H]1COc1ccc(C(C)C)cc1)C(=O)c1ccccc1. The summed E-state index contributed by atoms with van der Waals surface area (Å²) in [7, 11) is 0. The maximum absolute atomic E-state index is 13.8. The molecule has 0 saturated heterocycles. The minimum absolute atomic E-state index is 0.0341. The van der Waals surface area contributed by atoms with E-state index in [4.69, 9.17) is 4.74 Å². The molecule has 2 amide bonds. The summed E-state index contributed by atoms with van der Waals surface area (Å²) in [4.78, 5) is 32.1. The van der Waals surface area contributed by atoms with Crippen LogP contribution in [0.1, 0.15) is 72.4 Å². The number of hydrogen-bond acceptors (Lipinski definition) is 4. The third-order valence-electron chi connectivity index (χ3n) is 7.23. The molecule has 4 rings (SSSR count). The maximum atomic E-state index is 13.8. The Morgan fingerprint density at radius 3 is 2.46 bits per heavy atom. The summed E-state index contributed by atoms with van der Waals surface area (Å²) in [5.41, 5.74) is 3.04. The highest BCUT2D eigenvalue weighted by molar-refractivity contribution is 7.10. The number of ether oxygens (including phenoxy) is 1. The smallest absolute Gasteiger partial charge is 0.254 e. The molecule has 196 valence electrons. The van der Waals surface area contributed by atoms with Gasteiger partial charge in [-0.25, -0.2) is 0 Å². The second-order valence-corrected chi connectivity index (χ2v) is 11.3. The van der Waals surface area contributed by atoms with E-state index >= 15 is 0 Å². The number of amides is 2. The van der Waals surface area contributed by atoms with Gasteiger partial charge in [-0.3, -0.25) is 9.59 Å². The van der Waals surface area contributed by atoms with Gasteiger partial charge in [-0.1, -0.05) is 64.4 Å². The molecule has 1 aliphatic rings. The molecule has 3 aromatic rings. The zero-order chi connectivity index (χ0) is 26.4. The van der Waals surface area contributed by atoms with Crippen molar-refractivity contribution in [3.8, 4) is 5.75 Å². The first kappa shape index (κ1) is 26.9. The summed E-state index contributed by atoms with van der Waals surface area (Å²) >= 11 is 1.74. The second kappa shape index (κ2) is 12.4. The molecule has 0 bridgehead atoms. The predicted octanol–water partition coefficient (Wildman–Crippen LogP) is 6.56. The minimum Gasteiger partial charge on any atom is -0.491 e. The van der Waals surface area contributed by atoms with Crippen molar-refractivity contribution in [3.63, 3.8) is 0 Å². The topological polar surface area (TPSA) is 49.9 Å². The van der Waals surface area contributed by atoms with E-state index in [0.29, 0.717) is 37.1 Å². The molecule has 0 saturated carbocycles. The number of hydrogen-bond donors (Lipinski definition) is 0. The fourth-order valence-corrected chi connectivity index (χ4v) is 5.67. The monoisotopic (exact) mass is 518 g/mol. The average Bonchev–Trinajstić information content (AvgIpc) is 3.40. The Bertz CT molecular complexity index is 1170. The Morgan fingerprint density at radius 1 is 1.05 bits per heavy atom. The number of thiophene rings is 1. The van der Waals surface area contributed by atoms with Gasteiger partial charge in [0.15, 0.2) is 0 Å². The number of carbonyl (C=O) groups is 2. The Labute approximate surface area is 225 Å². The Balaban J connectivity index is 1.52. The zero-order valence-electron chi connectivity index (χ0n) is 22.4. The van der Waals surface area contributed by atoms with Gasteiger partial charge in [-0.05, 0) is 65.1 Å². The Kier molecular flexibility index (Phi) is 9.04. The molecule has 5 nitrogen and oxygen atoms in total. The van der Waals surface area contributed by atoms with Crippen LogP contribution in [-0.2, 0) is 11.2 Å². The summed E-state index contributed by atoms with van der Waals surface area (Å²) in [6.45, 7) is 10.2. The van der Waals surface area contributed by atoms with Crippen molar-refractivity contribution in [2.45, 2.75) is 52.5 Å². The summed E-state index contributed by atoms with van der Waals surface area (Å²) < 4.78 is 6.22. The van der Waals surface area contributed by atoms with Crippen LogP contribution in [0.15, 0.2) is 66.0 Å². The third kappa shape index (κ3) is 6.61. The van der Waals surface area contributed by atoms with Crippen molar-refractivity contribution in [1.82, 2.24) is 9.80 Å². The Morgan fingerprint density at radius 2 is 1.78 bits per heavy atom. The molecule has 0 fully saturated rings. The zero-order valence-corrected chi connectivity index (χ0v) is 23.2. The van der Waals surface area contributed by atoms with Crippen LogP contribution in [0.2, 0.25) is 0 Å². The molecular weight excluding hydrogens is 480 g/mol. The number of carbonyl (C=O) groups excluding carboxylic acids is 2. The van der Waals surface area contributed by atoms with Crippen LogP contribution < -0.4 is 4.74 Å². The van der Waals surface area contributed by atoms with Gasteiger partial charge < -0.3 is 14.5 Å². The van der Waals surface area contributed by atoms with E-state index in [-0.39, 0.29) is 24.4 Å². The first-order chi connectivity index (χ1) is 17.9. The van der Waals surface area contributed by atoms with Gasteiger partial charge in [0.1, 0.15) is 18.9 Å². The highest BCUT2D eigenvalue weighted by atomic mass is 32.1. The molecule has 1 aromatic heterocycles. The largest absolute Gasteiger partial charge is 0.491 e. The lowest BCUT2D eigenvalue weighted by Gasteiger charge is -2.37. The molecule has 1 aliphatic heterocycles. The van der Waals surface area contributed by atoms with Crippen molar-refractivity contribution in [2.75, 3.05) is 26.2 Å². The highest BCUT2D eigenvalue weighted by Gasteiger charge is 2.34. The number of fused-ring (bicyclic) bond motifs is 1. The normalized spacial score (nSPS) is 15.8. The van der Waals surface area contributed by atoms with Gasteiger partial charge in [0.25, 0.3) is 5.91 Å². The number of rotatable bonds is 10. The number of benzene rings is 2. The van der Waals surface area contributed by atoms with Crippen LogP contribution in [0.4, 0.5) is 0 Å². The summed E-state index contributed by atoms with van der Waals surface area (Å²) in [5, 5.41) is 2.09. The molecule has 0 N–H and O–H groups in total. The lowest BCUT2D eigenvalue weighted by atomic mass is 10.00. The van der Waals surface area contributed by atoms with Crippen LogP contribution in [0.5, 0.6) is 5.75 Å². The molecule has 0 aliphatic carbocycles. The summed E-state index contributed by atoms with van der Waals surface area (Å²) in [6, 6.07) is 19.4. The molecular formula is C31H38N2O3S. The van der Waals surface area contributed by atoms with Crippen molar-refractivity contribution < 1.29 is 14.3 Å². The lowest BCUT2D eigenvalue weighted by Crippen LogP contribution is -2.48. The molecule has 0 unspecified atom stereocenters. The van der Waals surface area contributed by atoms with E-state index in [9.17, 15) is 9.59 Å². The van der Waals surface area contributed by atoms with Gasteiger partial charge in [0.05, 0.1) is 6.04 Å². The second-order valence-electron chi connectivity index (χ2n) is 10.3. The highest BCUT2D eigenvalue weighted by Crippen LogP contribution is 2.34. The van der Waals surface area contributed by atoms with Gasteiger partial charge >= 0.3 is 0 Å². The third-order valence-corrected chi connectivity index (χ3v) is 8.23. The maximum Gasteiger partial charge on any atom is 0.254 e. The van der Waals surface area contributed by atoms with Crippen LogP contribution in [-0.4, -0.2) is 47.9 Å².